The predicted molar refractivity (Wildman–Crippen MR) is 163 cm³/mol. The van der Waals surface area contributed by atoms with Crippen molar-refractivity contribution in [2.45, 2.75) is 13.2 Å². The van der Waals surface area contributed by atoms with Crippen LogP contribution in [0.15, 0.2) is 84.4 Å². The Morgan fingerprint density at radius 2 is 1.56 bits per heavy atom. The molecule has 0 saturated carbocycles. The Morgan fingerprint density at radius 1 is 0.854 bits per heavy atom. The van der Waals surface area contributed by atoms with E-state index in [1.807, 2.05) is 18.2 Å². The molecule has 0 aliphatic rings. The lowest BCUT2D eigenvalue weighted by molar-refractivity contribution is -0.112. The van der Waals surface area contributed by atoms with Gasteiger partial charge >= 0.3 is 0 Å². The van der Waals surface area contributed by atoms with Crippen LogP contribution in [0.2, 0.25) is 20.1 Å². The molecular weight excluding hydrogens is 606 g/mol. The largest absolute Gasteiger partial charge is 0.493 e. The van der Waals surface area contributed by atoms with Gasteiger partial charge in [0.15, 0.2) is 11.5 Å². The van der Waals surface area contributed by atoms with Crippen LogP contribution in [-0.2, 0) is 18.0 Å². The summed E-state index contributed by atoms with van der Waals surface area (Å²) in [5.74, 6) is 0.674. The van der Waals surface area contributed by atoms with E-state index in [0.717, 1.165) is 11.1 Å². The van der Waals surface area contributed by atoms with Gasteiger partial charge in [0.05, 0.1) is 12.1 Å². The zero-order valence-corrected chi connectivity index (χ0v) is 24.6. The molecule has 0 aliphatic heterocycles. The maximum absolute atomic E-state index is 12.8. The van der Waals surface area contributed by atoms with Crippen molar-refractivity contribution in [3.05, 3.63) is 121 Å². The highest BCUT2D eigenvalue weighted by atomic mass is 35.5. The van der Waals surface area contributed by atoms with Crippen molar-refractivity contribution in [1.82, 2.24) is 0 Å². The Morgan fingerprint density at radius 3 is 2.22 bits per heavy atom. The second kappa shape index (κ2) is 14.2. The third-order valence-corrected chi connectivity index (χ3v) is 6.87. The number of amides is 1. The number of benzene rings is 4. The summed E-state index contributed by atoms with van der Waals surface area (Å²) in [6, 6.07) is 24.3. The molecule has 0 aliphatic carbocycles. The van der Waals surface area contributed by atoms with Crippen molar-refractivity contribution in [3.63, 3.8) is 0 Å². The van der Waals surface area contributed by atoms with Crippen LogP contribution < -0.4 is 19.5 Å². The number of anilines is 1. The van der Waals surface area contributed by atoms with E-state index >= 15 is 0 Å². The number of nitrogens with one attached hydrogen (secondary N) is 1. The van der Waals surface area contributed by atoms with Gasteiger partial charge in [0.2, 0.25) is 0 Å². The van der Waals surface area contributed by atoms with E-state index in [4.69, 9.17) is 60.6 Å². The van der Waals surface area contributed by atoms with Gasteiger partial charge in [-0.25, -0.2) is 0 Å². The molecule has 0 fully saturated rings. The fourth-order valence-electron chi connectivity index (χ4n) is 3.65. The number of methoxy groups -OCH3 is 1. The van der Waals surface area contributed by atoms with Gasteiger partial charge in [0, 0.05) is 26.3 Å². The van der Waals surface area contributed by atoms with E-state index in [9.17, 15) is 10.1 Å². The molecule has 10 heteroatoms. The van der Waals surface area contributed by atoms with E-state index < -0.39 is 5.91 Å². The standard InChI is InChI=1S/C31H22Cl4N2O4/c1-39-29-14-20(13-28(35)30(29)41-17-19-2-5-23(32)6-3-19)12-22(16-36)31(38)37-25-8-10-26(11-9-25)40-18-21-4-7-24(33)15-27(21)34/h2-15H,17-18H2,1H3,(H,37,38)/b22-12+. The van der Waals surface area contributed by atoms with Crippen molar-refractivity contribution in [3.8, 4) is 23.3 Å². The molecule has 0 heterocycles. The number of carbonyl (C=O) groups is 1. The number of carbonyl (C=O) groups excluding carboxylic acids is 1. The zero-order valence-electron chi connectivity index (χ0n) is 21.6. The van der Waals surface area contributed by atoms with Crippen LogP contribution in [0.25, 0.3) is 6.08 Å². The minimum absolute atomic E-state index is 0.129. The highest BCUT2D eigenvalue weighted by Gasteiger charge is 2.15. The van der Waals surface area contributed by atoms with Gasteiger partial charge < -0.3 is 19.5 Å². The molecule has 0 radical (unpaired) electrons. The molecule has 0 aromatic heterocycles. The first-order chi connectivity index (χ1) is 19.7. The van der Waals surface area contributed by atoms with Crippen LogP contribution in [0.5, 0.6) is 17.2 Å². The van der Waals surface area contributed by atoms with Gasteiger partial charge in [-0.1, -0.05) is 64.6 Å². The van der Waals surface area contributed by atoms with Crippen LogP contribution in [0, 0.1) is 11.3 Å². The smallest absolute Gasteiger partial charge is 0.266 e. The van der Waals surface area contributed by atoms with Crippen molar-refractivity contribution < 1.29 is 19.0 Å². The lowest BCUT2D eigenvalue weighted by Gasteiger charge is -2.14. The molecule has 4 aromatic rings. The molecule has 41 heavy (non-hydrogen) atoms. The summed E-state index contributed by atoms with van der Waals surface area (Å²) in [6.07, 6.45) is 1.42. The number of hydrogen-bond acceptors (Lipinski definition) is 5. The molecule has 0 unspecified atom stereocenters. The second-order valence-corrected chi connectivity index (χ2v) is 10.3. The topological polar surface area (TPSA) is 80.6 Å². The summed E-state index contributed by atoms with van der Waals surface area (Å²) in [7, 11) is 1.48. The summed E-state index contributed by atoms with van der Waals surface area (Å²) < 4.78 is 17.1. The van der Waals surface area contributed by atoms with E-state index in [2.05, 4.69) is 5.32 Å². The van der Waals surface area contributed by atoms with E-state index in [-0.39, 0.29) is 23.8 Å². The monoisotopic (exact) mass is 626 g/mol. The van der Waals surface area contributed by atoms with Crippen LogP contribution in [-0.4, -0.2) is 13.0 Å². The number of hydrogen-bond donors (Lipinski definition) is 1. The van der Waals surface area contributed by atoms with Crippen molar-refractivity contribution in [2.24, 2.45) is 0 Å². The number of ether oxygens (including phenoxy) is 3. The van der Waals surface area contributed by atoms with Crippen LogP contribution in [0.4, 0.5) is 5.69 Å². The Bertz CT molecular complexity index is 1620. The lowest BCUT2D eigenvalue weighted by atomic mass is 10.1. The molecule has 0 spiro atoms. The van der Waals surface area contributed by atoms with Gasteiger partial charge in [-0.05, 0) is 77.9 Å². The van der Waals surface area contributed by atoms with Crippen LogP contribution in [0.3, 0.4) is 0 Å². The minimum atomic E-state index is -0.590. The summed E-state index contributed by atoms with van der Waals surface area (Å²) in [5, 5.41) is 14.3. The summed E-state index contributed by atoms with van der Waals surface area (Å²) in [5.41, 5.74) is 2.52. The normalized spacial score (nSPS) is 11.0. The molecule has 0 atom stereocenters. The van der Waals surface area contributed by atoms with Crippen molar-refractivity contribution in [2.75, 3.05) is 12.4 Å². The maximum Gasteiger partial charge on any atom is 0.266 e. The maximum atomic E-state index is 12.8. The first-order valence-corrected chi connectivity index (χ1v) is 13.6. The average molecular weight is 628 g/mol. The second-order valence-electron chi connectivity index (χ2n) is 8.62. The average Bonchev–Trinajstić information content (AvgIpc) is 2.96. The van der Waals surface area contributed by atoms with Crippen molar-refractivity contribution >= 4 is 64.1 Å². The third-order valence-electron chi connectivity index (χ3n) is 5.75. The first kappa shape index (κ1) is 30.1. The van der Waals surface area contributed by atoms with Crippen LogP contribution >= 0.6 is 46.4 Å². The minimum Gasteiger partial charge on any atom is -0.493 e. The van der Waals surface area contributed by atoms with Gasteiger partial charge in [-0.15, -0.1) is 0 Å². The van der Waals surface area contributed by atoms with Gasteiger partial charge in [0.1, 0.15) is 30.6 Å². The van der Waals surface area contributed by atoms with E-state index in [0.29, 0.717) is 43.6 Å². The van der Waals surface area contributed by atoms with Crippen LogP contribution in [0.1, 0.15) is 16.7 Å². The molecule has 1 N–H and O–H groups in total. The quantitative estimate of drug-likeness (QED) is 0.140. The predicted octanol–water partition coefficient (Wildman–Crippen LogP) is 9.01. The third kappa shape index (κ3) is 8.32. The Labute approximate surface area is 257 Å². The van der Waals surface area contributed by atoms with Gasteiger partial charge in [0.25, 0.3) is 5.91 Å². The molecule has 6 nitrogen and oxygen atoms in total. The molecule has 1 amide bonds. The Hall–Kier alpha value is -3.86. The number of rotatable bonds is 10. The van der Waals surface area contributed by atoms with E-state index in [1.165, 1.54) is 13.2 Å². The Kier molecular flexibility index (Phi) is 10.4. The number of nitriles is 1. The fourth-order valence-corrected chi connectivity index (χ4v) is 4.51. The summed E-state index contributed by atoms with van der Waals surface area (Å²) >= 11 is 24.5. The number of nitrogens with zero attached hydrogens (tertiary/aromatic N) is 1. The highest BCUT2D eigenvalue weighted by molar-refractivity contribution is 6.35. The molecule has 0 bridgehead atoms. The van der Waals surface area contributed by atoms with E-state index in [1.54, 1.807) is 66.7 Å². The number of halogens is 4. The highest BCUT2D eigenvalue weighted by Crippen LogP contribution is 2.37. The molecule has 4 rings (SSSR count). The summed E-state index contributed by atoms with van der Waals surface area (Å²) in [4.78, 5) is 12.8. The molecule has 4 aromatic carbocycles. The molecular formula is C31H22Cl4N2O4. The summed E-state index contributed by atoms with van der Waals surface area (Å²) in [6.45, 7) is 0.493. The Balaban J connectivity index is 1.41. The lowest BCUT2D eigenvalue weighted by Crippen LogP contribution is -2.13. The zero-order chi connectivity index (χ0) is 29.4. The van der Waals surface area contributed by atoms with Crippen molar-refractivity contribution in [1.29, 1.82) is 5.26 Å². The molecule has 0 saturated heterocycles. The SMILES string of the molecule is COc1cc(/C=C(\C#N)C(=O)Nc2ccc(OCc3ccc(Cl)cc3Cl)cc2)cc(Cl)c1OCc1ccc(Cl)cc1. The first-order valence-electron chi connectivity index (χ1n) is 12.1. The van der Waals surface area contributed by atoms with Gasteiger partial charge in [-0.2, -0.15) is 5.26 Å². The molecule has 208 valence electrons. The van der Waals surface area contributed by atoms with Gasteiger partial charge in [-0.3, -0.25) is 4.79 Å². The fraction of sp³-hybridized carbons (Fsp3) is 0.0968.